The van der Waals surface area contributed by atoms with Crippen LogP contribution in [-0.4, -0.2) is 47.3 Å². The number of aliphatic hydroxyl groups excluding tert-OH is 1. The molecule has 1 aliphatic heterocycles. The second kappa shape index (κ2) is 5.21. The highest BCUT2D eigenvalue weighted by Gasteiger charge is 2.39. The highest BCUT2D eigenvalue weighted by atomic mass is 19.4. The van der Waals surface area contributed by atoms with Gasteiger partial charge in [0.15, 0.2) is 6.10 Å². The van der Waals surface area contributed by atoms with Gasteiger partial charge in [-0.25, -0.2) is 0 Å². The zero-order valence-electron chi connectivity index (χ0n) is 9.18. The van der Waals surface area contributed by atoms with E-state index in [1.807, 2.05) is 0 Å². The van der Waals surface area contributed by atoms with E-state index in [2.05, 4.69) is 14.7 Å². The zero-order valence-corrected chi connectivity index (χ0v) is 9.18. The van der Waals surface area contributed by atoms with Crippen LogP contribution in [0.1, 0.15) is 17.8 Å². The lowest BCUT2D eigenvalue weighted by molar-refractivity contribution is -0.204. The average Bonchev–Trinajstić information content (AvgIpc) is 2.77. The first-order chi connectivity index (χ1) is 8.47. The van der Waals surface area contributed by atoms with Gasteiger partial charge in [-0.15, -0.1) is 0 Å². The molecule has 1 aliphatic rings. The summed E-state index contributed by atoms with van der Waals surface area (Å²) < 4.78 is 51.3. The smallest absolute Gasteiger partial charge is 0.383 e. The van der Waals surface area contributed by atoms with Crippen molar-refractivity contribution in [2.24, 2.45) is 0 Å². The summed E-state index contributed by atoms with van der Waals surface area (Å²) in [4.78, 5) is 3.74. The molecule has 0 saturated carbocycles. The maximum Gasteiger partial charge on any atom is 0.414 e. The molecule has 102 valence electrons. The van der Waals surface area contributed by atoms with E-state index in [1.165, 1.54) is 0 Å². The van der Waals surface area contributed by atoms with Crippen LogP contribution in [0.15, 0.2) is 4.52 Å². The van der Waals surface area contributed by atoms with Gasteiger partial charge in [-0.3, -0.25) is 0 Å². The van der Waals surface area contributed by atoms with E-state index in [-0.39, 0.29) is 18.3 Å². The molecule has 1 N–H and O–H groups in total. The van der Waals surface area contributed by atoms with Crippen molar-refractivity contribution in [3.05, 3.63) is 11.7 Å². The van der Waals surface area contributed by atoms with Gasteiger partial charge in [-0.05, 0) is 0 Å². The largest absolute Gasteiger partial charge is 0.414 e. The SMILES string of the molecule is OC(Cc1nc(C2COCCO2)no1)C(F)(F)F. The molecule has 0 spiro atoms. The molecule has 0 bridgehead atoms. The molecular formula is C9H11F3N2O4. The number of nitrogens with zero attached hydrogens (tertiary/aromatic N) is 2. The first kappa shape index (κ1) is 13.2. The van der Waals surface area contributed by atoms with Gasteiger partial charge in [0.25, 0.3) is 0 Å². The monoisotopic (exact) mass is 268 g/mol. The number of ether oxygens (including phenoxy) is 2. The van der Waals surface area contributed by atoms with Gasteiger partial charge in [0.05, 0.1) is 26.2 Å². The predicted molar refractivity (Wildman–Crippen MR) is 49.6 cm³/mol. The van der Waals surface area contributed by atoms with Crippen molar-refractivity contribution < 1.29 is 32.3 Å². The third kappa shape index (κ3) is 3.18. The quantitative estimate of drug-likeness (QED) is 0.866. The van der Waals surface area contributed by atoms with Crippen molar-refractivity contribution in [3.63, 3.8) is 0 Å². The van der Waals surface area contributed by atoms with Gasteiger partial charge in [0.1, 0.15) is 6.10 Å². The Morgan fingerprint density at radius 1 is 1.39 bits per heavy atom. The molecule has 0 aromatic carbocycles. The van der Waals surface area contributed by atoms with E-state index in [0.29, 0.717) is 13.2 Å². The summed E-state index contributed by atoms with van der Waals surface area (Å²) in [5, 5.41) is 12.4. The van der Waals surface area contributed by atoms with Crippen molar-refractivity contribution in [3.8, 4) is 0 Å². The molecule has 2 heterocycles. The topological polar surface area (TPSA) is 77.6 Å². The molecule has 2 unspecified atom stereocenters. The molecule has 6 nitrogen and oxygen atoms in total. The molecule has 1 saturated heterocycles. The molecule has 2 atom stereocenters. The standard InChI is InChI=1S/C9H11F3N2O4/c10-9(11,12)6(15)3-7-13-8(14-18-7)5-4-16-1-2-17-5/h5-6,15H,1-4H2. The minimum Gasteiger partial charge on any atom is -0.383 e. The van der Waals surface area contributed by atoms with Crippen LogP contribution in [0.25, 0.3) is 0 Å². The minimum absolute atomic E-state index is 0.124. The number of hydrogen-bond donors (Lipinski definition) is 1. The highest BCUT2D eigenvalue weighted by molar-refractivity contribution is 4.94. The van der Waals surface area contributed by atoms with Crippen LogP contribution in [0.5, 0.6) is 0 Å². The normalized spacial score (nSPS) is 23.0. The van der Waals surface area contributed by atoms with Gasteiger partial charge < -0.3 is 19.1 Å². The van der Waals surface area contributed by atoms with E-state index in [4.69, 9.17) is 14.6 Å². The average molecular weight is 268 g/mol. The van der Waals surface area contributed by atoms with E-state index in [0.717, 1.165) is 0 Å². The second-order valence-corrected chi connectivity index (χ2v) is 3.74. The van der Waals surface area contributed by atoms with Gasteiger partial charge in [-0.1, -0.05) is 5.16 Å². The molecule has 0 aliphatic carbocycles. The predicted octanol–water partition coefficient (Wildman–Crippen LogP) is 0.623. The first-order valence-corrected chi connectivity index (χ1v) is 5.23. The molecule has 0 amide bonds. The van der Waals surface area contributed by atoms with Crippen LogP contribution in [-0.2, 0) is 15.9 Å². The number of halogens is 3. The van der Waals surface area contributed by atoms with Crippen molar-refractivity contribution in [2.75, 3.05) is 19.8 Å². The number of hydrogen-bond acceptors (Lipinski definition) is 6. The summed E-state index contributed by atoms with van der Waals surface area (Å²) >= 11 is 0. The van der Waals surface area contributed by atoms with Gasteiger partial charge in [0.2, 0.25) is 11.7 Å². The van der Waals surface area contributed by atoms with Crippen LogP contribution >= 0.6 is 0 Å². The lowest BCUT2D eigenvalue weighted by Crippen LogP contribution is -2.30. The fourth-order valence-electron chi connectivity index (χ4n) is 1.40. The third-order valence-electron chi connectivity index (χ3n) is 2.33. The fourth-order valence-corrected chi connectivity index (χ4v) is 1.40. The van der Waals surface area contributed by atoms with Crippen LogP contribution in [0.3, 0.4) is 0 Å². The lowest BCUT2D eigenvalue weighted by atomic mass is 10.2. The van der Waals surface area contributed by atoms with Crippen molar-refractivity contribution in [1.29, 1.82) is 0 Å². The Kier molecular flexibility index (Phi) is 3.83. The minimum atomic E-state index is -4.71. The second-order valence-electron chi connectivity index (χ2n) is 3.74. The third-order valence-corrected chi connectivity index (χ3v) is 2.33. The zero-order chi connectivity index (χ0) is 13.2. The summed E-state index contributed by atoms with van der Waals surface area (Å²) in [5.41, 5.74) is 0. The Labute approximate surface area is 99.7 Å². The van der Waals surface area contributed by atoms with Crippen molar-refractivity contribution in [2.45, 2.75) is 24.8 Å². The Hall–Kier alpha value is -1.19. The molecule has 1 aromatic rings. The van der Waals surface area contributed by atoms with Crippen LogP contribution in [0, 0.1) is 0 Å². The summed E-state index contributed by atoms with van der Waals surface area (Å²) in [5.74, 6) is -0.164. The number of rotatable bonds is 3. The first-order valence-electron chi connectivity index (χ1n) is 5.23. The number of aromatic nitrogens is 2. The van der Waals surface area contributed by atoms with Crippen molar-refractivity contribution >= 4 is 0 Å². The van der Waals surface area contributed by atoms with Crippen LogP contribution in [0.4, 0.5) is 13.2 Å². The fraction of sp³-hybridized carbons (Fsp3) is 0.778. The highest BCUT2D eigenvalue weighted by Crippen LogP contribution is 2.23. The molecule has 9 heteroatoms. The number of alkyl halides is 3. The van der Waals surface area contributed by atoms with E-state index in [9.17, 15) is 13.2 Å². The Morgan fingerprint density at radius 2 is 2.17 bits per heavy atom. The molecule has 2 rings (SSSR count). The molecule has 18 heavy (non-hydrogen) atoms. The Morgan fingerprint density at radius 3 is 2.78 bits per heavy atom. The van der Waals surface area contributed by atoms with Crippen LogP contribution < -0.4 is 0 Å². The summed E-state index contributed by atoms with van der Waals surface area (Å²) in [6.07, 6.45) is -8.54. The molecule has 1 fully saturated rings. The maximum atomic E-state index is 12.1. The molecule has 1 aromatic heterocycles. The van der Waals surface area contributed by atoms with E-state index < -0.39 is 24.8 Å². The van der Waals surface area contributed by atoms with Gasteiger partial charge >= 0.3 is 6.18 Å². The maximum absolute atomic E-state index is 12.1. The lowest BCUT2D eigenvalue weighted by Gasteiger charge is -2.19. The van der Waals surface area contributed by atoms with Crippen molar-refractivity contribution in [1.82, 2.24) is 10.1 Å². The number of aliphatic hydroxyl groups is 1. The van der Waals surface area contributed by atoms with E-state index >= 15 is 0 Å². The summed E-state index contributed by atoms with van der Waals surface area (Å²) in [6.45, 7) is 1.04. The van der Waals surface area contributed by atoms with Gasteiger partial charge in [0, 0.05) is 0 Å². The Bertz CT molecular complexity index is 389. The Balaban J connectivity index is 1.97. The summed E-state index contributed by atoms with van der Waals surface area (Å²) in [7, 11) is 0. The molecule has 0 radical (unpaired) electrons. The summed E-state index contributed by atoms with van der Waals surface area (Å²) in [6, 6.07) is 0. The van der Waals surface area contributed by atoms with Crippen LogP contribution in [0.2, 0.25) is 0 Å². The van der Waals surface area contributed by atoms with Gasteiger partial charge in [-0.2, -0.15) is 18.2 Å². The molecular weight excluding hydrogens is 257 g/mol. The van der Waals surface area contributed by atoms with E-state index in [1.54, 1.807) is 0 Å².